The second-order valence-electron chi connectivity index (χ2n) is 10.00. The average Bonchev–Trinajstić information content (AvgIpc) is 3.74. The molecule has 1 amide bonds. The van der Waals surface area contributed by atoms with Crippen molar-refractivity contribution in [1.82, 2.24) is 24.6 Å². The van der Waals surface area contributed by atoms with Gasteiger partial charge in [-0.25, -0.2) is 14.8 Å². The first kappa shape index (κ1) is 28.6. The Balaban J connectivity index is 1.20. The number of amides is 1. The monoisotopic (exact) mass is 614 g/mol. The summed E-state index contributed by atoms with van der Waals surface area (Å²) in [6.07, 6.45) is 1.18. The maximum atomic E-state index is 12.3. The van der Waals surface area contributed by atoms with Crippen LogP contribution in [0.3, 0.4) is 0 Å². The molecule has 2 N–H and O–H groups in total. The van der Waals surface area contributed by atoms with Crippen molar-refractivity contribution in [1.29, 1.82) is 0 Å². The smallest absolute Gasteiger partial charge is 0.452 e. The van der Waals surface area contributed by atoms with Crippen LogP contribution in [0.15, 0.2) is 47.3 Å². The molecule has 0 spiro atoms. The molecule has 6 rings (SSSR count). The lowest BCUT2D eigenvalue weighted by Gasteiger charge is -2.32. The van der Waals surface area contributed by atoms with Crippen molar-refractivity contribution in [3.8, 4) is 22.5 Å². The third-order valence-corrected chi connectivity index (χ3v) is 8.32. The van der Waals surface area contributed by atoms with Crippen LogP contribution in [-0.4, -0.2) is 69.5 Å². The number of thiazole rings is 1. The van der Waals surface area contributed by atoms with E-state index in [9.17, 15) is 22.8 Å². The number of hydrogen-bond acceptors (Lipinski definition) is 10. The van der Waals surface area contributed by atoms with Crippen molar-refractivity contribution in [3.05, 3.63) is 47.9 Å². The molecule has 0 aliphatic carbocycles. The van der Waals surface area contributed by atoms with E-state index in [0.29, 0.717) is 30.8 Å². The summed E-state index contributed by atoms with van der Waals surface area (Å²) in [6, 6.07) is 7.71. The van der Waals surface area contributed by atoms with Crippen LogP contribution in [-0.2, 0) is 25.7 Å². The summed E-state index contributed by atoms with van der Waals surface area (Å²) in [5.41, 5.74) is 9.95. The summed E-state index contributed by atoms with van der Waals surface area (Å²) < 4.78 is 55.4. The maximum Gasteiger partial charge on any atom is 0.490 e. The number of furan rings is 1. The van der Waals surface area contributed by atoms with Crippen LogP contribution in [0.2, 0.25) is 0 Å². The molecule has 0 bridgehead atoms. The quantitative estimate of drug-likeness (QED) is 0.252. The number of likely N-dealkylation sites (tertiary alicyclic amines) is 1. The standard InChI is InChI=1S/C28H25F3N6O5S/c1-40-13-22-35-20-4-2-3-17(25(20)43-22)21-9-18-19(11-33-26(32)24(18)42-21)15-10-34-37(12-15)16-5-7-36(8-6-16)23(38)14-41-27(39)28(29,30)31/h2-4,9-12,16H,5-8,13-14H2,1H3,(H2,32,33). The molecule has 1 aliphatic heterocycles. The lowest BCUT2D eigenvalue weighted by atomic mass is 10.0. The molecule has 1 saturated heterocycles. The van der Waals surface area contributed by atoms with Gasteiger partial charge in [0.1, 0.15) is 10.8 Å². The molecule has 1 fully saturated rings. The SMILES string of the molecule is COCc1nc2cccc(-c3cc4c(-c5cnn(C6CCN(C(=O)COC(=O)C(F)(F)F)CC6)c5)cnc(N)c4o3)c2s1. The fourth-order valence-electron chi connectivity index (χ4n) is 5.14. The van der Waals surface area contributed by atoms with E-state index >= 15 is 0 Å². The minimum Gasteiger partial charge on any atom is -0.452 e. The number of pyridine rings is 1. The van der Waals surface area contributed by atoms with Gasteiger partial charge in [0.25, 0.3) is 5.91 Å². The Bertz CT molecular complexity index is 1820. The number of aromatic nitrogens is 4. The Labute approximate surface area is 246 Å². The molecule has 0 unspecified atom stereocenters. The van der Waals surface area contributed by atoms with Crippen LogP contribution >= 0.6 is 11.3 Å². The van der Waals surface area contributed by atoms with Gasteiger partial charge in [0, 0.05) is 54.7 Å². The number of ether oxygens (including phenoxy) is 2. The lowest BCUT2D eigenvalue weighted by Crippen LogP contribution is -2.42. The molecular weight excluding hydrogens is 589 g/mol. The predicted molar refractivity (Wildman–Crippen MR) is 151 cm³/mol. The predicted octanol–water partition coefficient (Wildman–Crippen LogP) is 4.97. The minimum absolute atomic E-state index is 0.0436. The molecule has 4 aromatic heterocycles. The van der Waals surface area contributed by atoms with Gasteiger partial charge >= 0.3 is 12.1 Å². The van der Waals surface area contributed by atoms with E-state index in [4.69, 9.17) is 14.9 Å². The number of benzene rings is 1. The summed E-state index contributed by atoms with van der Waals surface area (Å²) in [5.74, 6) is -2.17. The zero-order chi connectivity index (χ0) is 30.3. The average molecular weight is 615 g/mol. The molecule has 1 aromatic carbocycles. The third-order valence-electron chi connectivity index (χ3n) is 7.24. The van der Waals surface area contributed by atoms with Crippen molar-refractivity contribution in [2.45, 2.75) is 31.7 Å². The first-order valence-corrected chi connectivity index (χ1v) is 14.1. The molecule has 224 valence electrons. The molecular formula is C28H25F3N6O5S. The van der Waals surface area contributed by atoms with Gasteiger partial charge in [0.15, 0.2) is 18.0 Å². The van der Waals surface area contributed by atoms with Gasteiger partial charge < -0.3 is 24.5 Å². The number of piperidine rings is 1. The maximum absolute atomic E-state index is 12.3. The number of fused-ring (bicyclic) bond motifs is 2. The number of carbonyl (C=O) groups is 2. The number of anilines is 1. The number of hydrogen-bond donors (Lipinski definition) is 1. The van der Waals surface area contributed by atoms with Gasteiger partial charge in [0.05, 0.1) is 29.1 Å². The van der Waals surface area contributed by atoms with Crippen LogP contribution < -0.4 is 5.73 Å². The highest BCUT2D eigenvalue weighted by atomic mass is 32.1. The first-order chi connectivity index (χ1) is 20.6. The molecule has 5 aromatic rings. The van der Waals surface area contributed by atoms with E-state index in [1.165, 1.54) is 16.2 Å². The van der Waals surface area contributed by atoms with Crippen LogP contribution in [0.1, 0.15) is 23.9 Å². The topological polar surface area (TPSA) is 139 Å². The second-order valence-corrected chi connectivity index (χ2v) is 11.1. The van der Waals surface area contributed by atoms with Crippen LogP contribution in [0, 0.1) is 0 Å². The molecule has 0 radical (unpaired) electrons. The highest BCUT2D eigenvalue weighted by Crippen LogP contribution is 2.40. The highest BCUT2D eigenvalue weighted by molar-refractivity contribution is 7.19. The zero-order valence-electron chi connectivity index (χ0n) is 22.8. The number of esters is 1. The zero-order valence-corrected chi connectivity index (χ0v) is 23.6. The van der Waals surface area contributed by atoms with Crippen molar-refractivity contribution in [2.24, 2.45) is 0 Å². The molecule has 0 saturated carbocycles. The summed E-state index contributed by atoms with van der Waals surface area (Å²) >= 11 is 1.54. The Morgan fingerprint density at radius 3 is 2.72 bits per heavy atom. The molecule has 5 heterocycles. The fourth-order valence-corrected chi connectivity index (χ4v) is 6.19. The van der Waals surface area contributed by atoms with Gasteiger partial charge in [-0.1, -0.05) is 6.07 Å². The van der Waals surface area contributed by atoms with Crippen LogP contribution in [0.5, 0.6) is 0 Å². The van der Waals surface area contributed by atoms with Gasteiger partial charge in [-0.05, 0) is 31.0 Å². The van der Waals surface area contributed by atoms with Crippen LogP contribution in [0.4, 0.5) is 19.0 Å². The van der Waals surface area contributed by atoms with E-state index in [1.54, 1.807) is 24.2 Å². The Hall–Kier alpha value is -4.50. The molecule has 11 nitrogen and oxygen atoms in total. The number of methoxy groups -OCH3 is 1. The number of nitrogen functional groups attached to an aromatic ring is 1. The lowest BCUT2D eigenvalue weighted by molar-refractivity contribution is -0.200. The minimum atomic E-state index is -5.14. The Kier molecular flexibility index (Phi) is 7.52. The number of nitrogens with zero attached hydrogens (tertiary/aromatic N) is 5. The Morgan fingerprint density at radius 2 is 1.98 bits per heavy atom. The van der Waals surface area contributed by atoms with Crippen molar-refractivity contribution >= 4 is 50.2 Å². The van der Waals surface area contributed by atoms with Gasteiger partial charge in [-0.2, -0.15) is 18.3 Å². The second kappa shape index (κ2) is 11.3. The molecule has 43 heavy (non-hydrogen) atoms. The largest absolute Gasteiger partial charge is 0.490 e. The molecule has 0 atom stereocenters. The van der Waals surface area contributed by atoms with E-state index in [1.807, 2.05) is 30.5 Å². The summed E-state index contributed by atoms with van der Waals surface area (Å²) in [4.78, 5) is 33.5. The molecule has 15 heteroatoms. The fraction of sp³-hybridized carbons (Fsp3) is 0.321. The van der Waals surface area contributed by atoms with E-state index < -0.39 is 24.7 Å². The number of nitrogens with two attached hydrogens (primary N) is 1. The van der Waals surface area contributed by atoms with Crippen molar-refractivity contribution in [2.75, 3.05) is 32.5 Å². The number of halogens is 3. The van der Waals surface area contributed by atoms with Gasteiger partial charge in [-0.15, -0.1) is 11.3 Å². The van der Waals surface area contributed by atoms with E-state index in [2.05, 4.69) is 19.8 Å². The molecule has 1 aliphatic rings. The summed E-state index contributed by atoms with van der Waals surface area (Å²) in [7, 11) is 1.63. The van der Waals surface area contributed by atoms with Crippen molar-refractivity contribution < 1.29 is 36.7 Å². The number of carbonyl (C=O) groups excluding carboxylic acids is 2. The number of alkyl halides is 3. The Morgan fingerprint density at radius 1 is 1.19 bits per heavy atom. The highest BCUT2D eigenvalue weighted by Gasteiger charge is 2.41. The van der Waals surface area contributed by atoms with Crippen LogP contribution in [0.25, 0.3) is 43.6 Å². The first-order valence-electron chi connectivity index (χ1n) is 13.2. The van der Waals surface area contributed by atoms with E-state index in [-0.39, 0.29) is 24.9 Å². The number of rotatable bonds is 7. The normalized spacial score (nSPS) is 14.6. The summed E-state index contributed by atoms with van der Waals surface area (Å²) in [5, 5.41) is 6.17. The van der Waals surface area contributed by atoms with Crippen molar-refractivity contribution in [3.63, 3.8) is 0 Å². The summed E-state index contributed by atoms with van der Waals surface area (Å²) in [6.45, 7) is 0.0384. The van der Waals surface area contributed by atoms with Gasteiger partial charge in [0.2, 0.25) is 0 Å². The third kappa shape index (κ3) is 5.64. The van der Waals surface area contributed by atoms with E-state index in [0.717, 1.165) is 37.3 Å². The van der Waals surface area contributed by atoms with Gasteiger partial charge in [-0.3, -0.25) is 9.48 Å².